The zero-order valence-corrected chi connectivity index (χ0v) is 13.0. The third-order valence-corrected chi connectivity index (χ3v) is 3.07. The summed E-state index contributed by atoms with van der Waals surface area (Å²) in [5, 5.41) is 0. The van der Waals surface area contributed by atoms with Crippen molar-refractivity contribution >= 4 is 16.1 Å². The molecule has 0 amide bonds. The molecule has 1 aromatic carbocycles. The lowest BCUT2D eigenvalue weighted by Gasteiger charge is -2.16. The van der Waals surface area contributed by atoms with Crippen molar-refractivity contribution in [1.82, 2.24) is 0 Å². The molecule has 1 aromatic rings. The standard InChI is InChI=1S/C14H20O6S/c1-12(15)19-10-14(11-20-21(2,16)17)9-18-8-13-6-4-3-5-7-13/h3-7,14H,8-11H2,1-2H3/t14-/m0/s1. The second kappa shape index (κ2) is 8.76. The minimum atomic E-state index is -3.53. The Morgan fingerprint density at radius 2 is 1.81 bits per heavy atom. The molecular weight excluding hydrogens is 296 g/mol. The average Bonchev–Trinajstić information content (AvgIpc) is 2.41. The molecule has 0 aliphatic rings. The van der Waals surface area contributed by atoms with E-state index in [1.165, 1.54) is 6.92 Å². The fourth-order valence-electron chi connectivity index (χ4n) is 1.52. The number of rotatable bonds is 9. The molecule has 0 bridgehead atoms. The van der Waals surface area contributed by atoms with Crippen molar-refractivity contribution in [3.05, 3.63) is 35.9 Å². The van der Waals surface area contributed by atoms with Gasteiger partial charge in [0.05, 0.1) is 32.7 Å². The van der Waals surface area contributed by atoms with Gasteiger partial charge in [-0.25, -0.2) is 0 Å². The number of esters is 1. The molecule has 0 aromatic heterocycles. The number of ether oxygens (including phenoxy) is 2. The van der Waals surface area contributed by atoms with Gasteiger partial charge in [0.2, 0.25) is 0 Å². The van der Waals surface area contributed by atoms with Crippen molar-refractivity contribution in [2.24, 2.45) is 5.92 Å². The van der Waals surface area contributed by atoms with Gasteiger partial charge in [-0.15, -0.1) is 0 Å². The van der Waals surface area contributed by atoms with Gasteiger partial charge in [-0.05, 0) is 5.56 Å². The van der Waals surface area contributed by atoms with Crippen LogP contribution >= 0.6 is 0 Å². The van der Waals surface area contributed by atoms with E-state index in [4.69, 9.17) is 13.7 Å². The lowest BCUT2D eigenvalue weighted by molar-refractivity contribution is -0.143. The summed E-state index contributed by atoms with van der Waals surface area (Å²) in [6.45, 7) is 1.90. The first kappa shape index (κ1) is 17.6. The Bertz CT molecular complexity index is 526. The molecule has 6 nitrogen and oxygen atoms in total. The maximum atomic E-state index is 11.0. The van der Waals surface area contributed by atoms with E-state index in [0.29, 0.717) is 6.61 Å². The molecule has 0 N–H and O–H groups in total. The highest BCUT2D eigenvalue weighted by Crippen LogP contribution is 2.06. The van der Waals surface area contributed by atoms with Crippen LogP contribution in [0.5, 0.6) is 0 Å². The van der Waals surface area contributed by atoms with E-state index in [-0.39, 0.29) is 25.7 Å². The summed E-state index contributed by atoms with van der Waals surface area (Å²) < 4.78 is 37.1. The average molecular weight is 316 g/mol. The summed E-state index contributed by atoms with van der Waals surface area (Å²) in [6, 6.07) is 9.57. The van der Waals surface area contributed by atoms with Crippen LogP contribution in [-0.4, -0.2) is 40.5 Å². The third-order valence-electron chi connectivity index (χ3n) is 2.51. The van der Waals surface area contributed by atoms with Gasteiger partial charge in [-0.3, -0.25) is 8.98 Å². The highest BCUT2D eigenvalue weighted by Gasteiger charge is 2.15. The fourth-order valence-corrected chi connectivity index (χ4v) is 1.96. The maximum absolute atomic E-state index is 11.0. The molecular formula is C14H20O6S. The van der Waals surface area contributed by atoms with Crippen LogP contribution in [0.2, 0.25) is 0 Å². The van der Waals surface area contributed by atoms with Crippen LogP contribution in [0.15, 0.2) is 30.3 Å². The van der Waals surface area contributed by atoms with Gasteiger partial charge >= 0.3 is 5.97 Å². The van der Waals surface area contributed by atoms with Crippen LogP contribution < -0.4 is 0 Å². The summed E-state index contributed by atoms with van der Waals surface area (Å²) in [4.78, 5) is 10.8. The van der Waals surface area contributed by atoms with Crippen molar-refractivity contribution in [3.63, 3.8) is 0 Å². The molecule has 0 fully saturated rings. The highest BCUT2D eigenvalue weighted by atomic mass is 32.2. The predicted molar refractivity (Wildman–Crippen MR) is 77.0 cm³/mol. The summed E-state index contributed by atoms with van der Waals surface area (Å²) in [5.41, 5.74) is 1.01. The summed E-state index contributed by atoms with van der Waals surface area (Å²) >= 11 is 0. The minimum absolute atomic E-state index is 0.0552. The molecule has 0 unspecified atom stereocenters. The Morgan fingerprint density at radius 3 is 2.38 bits per heavy atom. The summed E-state index contributed by atoms with van der Waals surface area (Å²) in [5.74, 6) is -0.769. The Balaban J connectivity index is 2.41. The molecule has 1 atom stereocenters. The van der Waals surface area contributed by atoms with Crippen molar-refractivity contribution in [2.45, 2.75) is 13.5 Å². The third kappa shape index (κ3) is 9.17. The summed E-state index contributed by atoms with van der Waals surface area (Å²) in [7, 11) is -3.53. The van der Waals surface area contributed by atoms with E-state index in [1.54, 1.807) is 0 Å². The van der Waals surface area contributed by atoms with E-state index in [9.17, 15) is 13.2 Å². The first-order chi connectivity index (χ1) is 9.87. The molecule has 0 saturated carbocycles. The zero-order chi connectivity index (χ0) is 15.7. The van der Waals surface area contributed by atoms with E-state index in [2.05, 4.69) is 0 Å². The van der Waals surface area contributed by atoms with Crippen LogP contribution in [0, 0.1) is 5.92 Å². The number of carbonyl (C=O) groups excluding carboxylic acids is 1. The van der Waals surface area contributed by atoms with Gasteiger partial charge < -0.3 is 9.47 Å². The molecule has 0 heterocycles. The quantitative estimate of drug-likeness (QED) is 0.505. The first-order valence-electron chi connectivity index (χ1n) is 6.46. The van der Waals surface area contributed by atoms with Crippen LogP contribution in [0.1, 0.15) is 12.5 Å². The Kier molecular flexibility index (Phi) is 7.35. The van der Waals surface area contributed by atoms with Gasteiger partial charge in [-0.1, -0.05) is 30.3 Å². The van der Waals surface area contributed by atoms with E-state index in [1.807, 2.05) is 30.3 Å². The van der Waals surface area contributed by atoms with E-state index in [0.717, 1.165) is 11.8 Å². The largest absolute Gasteiger partial charge is 0.465 e. The van der Waals surface area contributed by atoms with Gasteiger partial charge in [0.15, 0.2) is 0 Å². The number of benzene rings is 1. The monoisotopic (exact) mass is 316 g/mol. The van der Waals surface area contributed by atoms with Crippen LogP contribution in [0.4, 0.5) is 0 Å². The van der Waals surface area contributed by atoms with Crippen LogP contribution in [0.25, 0.3) is 0 Å². The molecule has 0 saturated heterocycles. The first-order valence-corrected chi connectivity index (χ1v) is 8.28. The van der Waals surface area contributed by atoms with Gasteiger partial charge in [-0.2, -0.15) is 8.42 Å². The number of hydrogen-bond donors (Lipinski definition) is 0. The van der Waals surface area contributed by atoms with Crippen molar-refractivity contribution < 1.29 is 26.9 Å². The Hall–Kier alpha value is -1.44. The fraction of sp³-hybridized carbons (Fsp3) is 0.500. The molecule has 0 radical (unpaired) electrons. The molecule has 7 heteroatoms. The lowest BCUT2D eigenvalue weighted by atomic mass is 10.2. The van der Waals surface area contributed by atoms with Crippen LogP contribution in [-0.2, 0) is 35.2 Å². The highest BCUT2D eigenvalue weighted by molar-refractivity contribution is 7.85. The molecule has 118 valence electrons. The lowest BCUT2D eigenvalue weighted by Crippen LogP contribution is -2.24. The molecule has 0 aliphatic heterocycles. The molecule has 1 rings (SSSR count). The SMILES string of the molecule is CC(=O)OC[C@H](COCc1ccccc1)COS(C)(=O)=O. The van der Waals surface area contributed by atoms with Gasteiger partial charge in [0.25, 0.3) is 10.1 Å². The molecule has 0 aliphatic carbocycles. The van der Waals surface area contributed by atoms with Gasteiger partial charge in [0.1, 0.15) is 0 Å². The number of hydrogen-bond acceptors (Lipinski definition) is 6. The Labute approximate surface area is 125 Å². The second-order valence-electron chi connectivity index (χ2n) is 4.66. The molecule has 0 spiro atoms. The normalized spacial score (nSPS) is 12.9. The smallest absolute Gasteiger partial charge is 0.302 e. The summed E-state index contributed by atoms with van der Waals surface area (Å²) in [6.07, 6.45) is 0.973. The Morgan fingerprint density at radius 1 is 1.14 bits per heavy atom. The zero-order valence-electron chi connectivity index (χ0n) is 12.2. The van der Waals surface area contributed by atoms with E-state index >= 15 is 0 Å². The topological polar surface area (TPSA) is 78.9 Å². The second-order valence-corrected chi connectivity index (χ2v) is 6.30. The predicted octanol–water partition coefficient (Wildman–Crippen LogP) is 1.36. The van der Waals surface area contributed by atoms with Crippen LogP contribution in [0.3, 0.4) is 0 Å². The van der Waals surface area contributed by atoms with Crippen molar-refractivity contribution in [2.75, 3.05) is 26.1 Å². The van der Waals surface area contributed by atoms with E-state index < -0.39 is 16.1 Å². The minimum Gasteiger partial charge on any atom is -0.465 e. The molecule has 21 heavy (non-hydrogen) atoms. The van der Waals surface area contributed by atoms with Gasteiger partial charge in [0, 0.05) is 12.8 Å². The van der Waals surface area contributed by atoms with Crippen molar-refractivity contribution in [1.29, 1.82) is 0 Å². The maximum Gasteiger partial charge on any atom is 0.302 e. The van der Waals surface area contributed by atoms with Crippen molar-refractivity contribution in [3.8, 4) is 0 Å². The number of carbonyl (C=O) groups is 1.